The average Bonchev–Trinajstić information content (AvgIpc) is 2.58. The molecular weight excluding hydrogens is 364 g/mol. The molecule has 2 N–H and O–H groups in total. The van der Waals surface area contributed by atoms with Crippen molar-refractivity contribution in [3.8, 4) is 0 Å². The summed E-state index contributed by atoms with van der Waals surface area (Å²) in [7, 11) is 0. The van der Waals surface area contributed by atoms with Gasteiger partial charge in [0.2, 0.25) is 11.8 Å². The summed E-state index contributed by atoms with van der Waals surface area (Å²) in [6, 6.07) is 7.20. The molecule has 0 aromatic heterocycles. The highest BCUT2D eigenvalue weighted by molar-refractivity contribution is 7.78. The van der Waals surface area contributed by atoms with Crippen LogP contribution in [0, 0.1) is 11.8 Å². The van der Waals surface area contributed by atoms with Crippen LogP contribution in [-0.2, 0) is 20.8 Å². The lowest BCUT2D eigenvalue weighted by Crippen LogP contribution is -2.51. The second-order valence-corrected chi connectivity index (χ2v) is 8.00. The van der Waals surface area contributed by atoms with E-state index in [9.17, 15) is 19.5 Å². The summed E-state index contributed by atoms with van der Waals surface area (Å²) in [5, 5.41) is 12.1. The van der Waals surface area contributed by atoms with Crippen molar-refractivity contribution in [3.05, 3.63) is 35.9 Å². The van der Waals surface area contributed by atoms with Crippen molar-refractivity contribution in [2.45, 2.75) is 59.0 Å². The van der Waals surface area contributed by atoms with Crippen molar-refractivity contribution in [1.82, 2.24) is 9.62 Å². The normalized spacial score (nSPS) is 13.3. The second-order valence-electron chi connectivity index (χ2n) is 7.57. The molecule has 1 aromatic rings. The third-order valence-corrected chi connectivity index (χ3v) is 4.53. The molecule has 0 radical (unpaired) electrons. The van der Waals surface area contributed by atoms with Gasteiger partial charge in [0, 0.05) is 12.8 Å². The Morgan fingerprint density at radius 3 is 2.15 bits per heavy atom. The lowest BCUT2D eigenvalue weighted by atomic mass is 10.0. The maximum Gasteiger partial charge on any atom is 0.326 e. The zero-order valence-corrected chi connectivity index (χ0v) is 17.3. The van der Waals surface area contributed by atoms with Gasteiger partial charge in [0.25, 0.3) is 0 Å². The Morgan fingerprint density at radius 1 is 1.07 bits per heavy atom. The molecule has 2 amide bonds. The number of carboxylic acids is 1. The van der Waals surface area contributed by atoms with Crippen LogP contribution in [0.3, 0.4) is 0 Å². The van der Waals surface area contributed by atoms with Crippen LogP contribution in [0.15, 0.2) is 30.3 Å². The molecule has 0 aliphatic heterocycles. The third kappa shape index (κ3) is 8.03. The minimum absolute atomic E-state index is 0.139. The number of carbonyl (C=O) groups is 3. The smallest absolute Gasteiger partial charge is 0.326 e. The van der Waals surface area contributed by atoms with Crippen LogP contribution in [0.2, 0.25) is 0 Å². The van der Waals surface area contributed by atoms with Gasteiger partial charge in [-0.25, -0.2) is 4.79 Å². The quantitative estimate of drug-likeness (QED) is 0.533. The van der Waals surface area contributed by atoms with Gasteiger partial charge in [-0.2, -0.15) is 0 Å². The summed E-state index contributed by atoms with van der Waals surface area (Å²) in [5.41, 5.74) is 0.809. The first-order valence-corrected chi connectivity index (χ1v) is 9.59. The van der Waals surface area contributed by atoms with Crippen LogP contribution >= 0.6 is 12.8 Å². The predicted octanol–water partition coefficient (Wildman–Crippen LogP) is 2.93. The zero-order valence-electron chi connectivity index (χ0n) is 16.4. The van der Waals surface area contributed by atoms with Crippen LogP contribution in [0.4, 0.5) is 0 Å². The minimum atomic E-state index is -1.12. The lowest BCUT2D eigenvalue weighted by Gasteiger charge is -2.29. The van der Waals surface area contributed by atoms with Crippen molar-refractivity contribution < 1.29 is 19.5 Å². The molecule has 0 bridgehead atoms. The fourth-order valence-corrected chi connectivity index (χ4v) is 2.98. The topological polar surface area (TPSA) is 86.7 Å². The largest absolute Gasteiger partial charge is 0.480 e. The molecular formula is C20H30N2O4S. The molecule has 0 saturated carbocycles. The van der Waals surface area contributed by atoms with E-state index in [1.165, 1.54) is 0 Å². The number of nitrogens with zero attached hydrogens (tertiary/aromatic N) is 1. The number of hydrogen-bond acceptors (Lipinski definition) is 4. The Bertz CT molecular complexity index is 634. The molecule has 6 nitrogen and oxygen atoms in total. The number of amides is 2. The Morgan fingerprint density at radius 2 is 1.67 bits per heavy atom. The van der Waals surface area contributed by atoms with E-state index in [1.54, 1.807) is 0 Å². The van der Waals surface area contributed by atoms with Crippen LogP contribution < -0.4 is 5.32 Å². The molecule has 2 atom stereocenters. The van der Waals surface area contributed by atoms with Gasteiger partial charge >= 0.3 is 5.97 Å². The van der Waals surface area contributed by atoms with Gasteiger partial charge in [-0.3, -0.25) is 13.9 Å². The first-order valence-electron chi connectivity index (χ1n) is 9.19. The molecule has 0 fully saturated rings. The maximum atomic E-state index is 12.8. The van der Waals surface area contributed by atoms with E-state index in [2.05, 4.69) is 18.1 Å². The van der Waals surface area contributed by atoms with Crippen LogP contribution in [0.1, 0.15) is 46.1 Å². The predicted molar refractivity (Wildman–Crippen MR) is 108 cm³/mol. The molecule has 27 heavy (non-hydrogen) atoms. The van der Waals surface area contributed by atoms with E-state index in [0.29, 0.717) is 6.42 Å². The van der Waals surface area contributed by atoms with E-state index in [4.69, 9.17) is 0 Å². The number of benzene rings is 1. The Hall–Kier alpha value is -2.02. The first kappa shape index (κ1) is 23.0. The van der Waals surface area contributed by atoms with E-state index in [1.807, 2.05) is 58.0 Å². The van der Waals surface area contributed by atoms with Crippen molar-refractivity contribution >= 4 is 30.6 Å². The summed E-state index contributed by atoms with van der Waals surface area (Å²) in [5.74, 6) is -1.59. The lowest BCUT2D eigenvalue weighted by molar-refractivity contribution is -0.143. The second kappa shape index (κ2) is 11.0. The summed E-state index contributed by atoms with van der Waals surface area (Å²) >= 11 is 4.26. The van der Waals surface area contributed by atoms with Gasteiger partial charge in [0.05, 0.1) is 0 Å². The van der Waals surface area contributed by atoms with Crippen LogP contribution in [-0.4, -0.2) is 39.3 Å². The number of hydrogen-bond donors (Lipinski definition) is 3. The Kier molecular flexibility index (Phi) is 9.35. The van der Waals surface area contributed by atoms with Crippen molar-refractivity contribution in [2.24, 2.45) is 11.8 Å². The maximum absolute atomic E-state index is 12.8. The number of carbonyl (C=O) groups excluding carboxylic acids is 2. The van der Waals surface area contributed by atoms with Crippen LogP contribution in [0.25, 0.3) is 0 Å². The molecule has 7 heteroatoms. The average molecular weight is 395 g/mol. The number of nitrogens with one attached hydrogen (secondary N) is 1. The van der Waals surface area contributed by atoms with Gasteiger partial charge in [0.1, 0.15) is 12.1 Å². The summed E-state index contributed by atoms with van der Waals surface area (Å²) in [6.45, 7) is 7.70. The standard InChI is InChI=1S/C20H30N2O4S/c1-13(2)10-17(22(27)18(23)11-14(3)4)19(24)21-16(20(25)26)12-15-8-6-5-7-9-15/h5-9,13-14,16-17,27H,10-12H2,1-4H3,(H,21,24)(H,25,26)/t16-,17-/m0/s1. The van der Waals surface area contributed by atoms with Gasteiger partial charge in [-0.05, 0) is 23.8 Å². The van der Waals surface area contributed by atoms with Gasteiger partial charge in [0.15, 0.2) is 0 Å². The van der Waals surface area contributed by atoms with Crippen molar-refractivity contribution in [1.29, 1.82) is 0 Å². The Labute approximate surface area is 166 Å². The minimum Gasteiger partial charge on any atom is -0.480 e. The Balaban J connectivity index is 2.91. The SMILES string of the molecule is CC(C)CC(=O)N(S)[C@@H](CC(C)C)C(=O)N[C@@H](Cc1ccccc1)C(=O)O. The number of carboxylic acid groups (broad SMARTS) is 1. The molecule has 0 aliphatic carbocycles. The molecule has 150 valence electrons. The summed E-state index contributed by atoms with van der Waals surface area (Å²) in [4.78, 5) is 36.8. The summed E-state index contributed by atoms with van der Waals surface area (Å²) < 4.78 is 1.15. The molecule has 0 spiro atoms. The fraction of sp³-hybridized carbons (Fsp3) is 0.550. The molecule has 1 rings (SSSR count). The highest BCUT2D eigenvalue weighted by Gasteiger charge is 2.31. The summed E-state index contributed by atoms with van der Waals surface area (Å²) in [6.07, 6.45) is 0.845. The molecule has 0 heterocycles. The van der Waals surface area contributed by atoms with Crippen molar-refractivity contribution in [3.63, 3.8) is 0 Å². The number of rotatable bonds is 10. The van der Waals surface area contributed by atoms with E-state index in [0.717, 1.165) is 9.87 Å². The molecule has 1 aromatic carbocycles. The van der Waals surface area contributed by atoms with Gasteiger partial charge < -0.3 is 10.4 Å². The van der Waals surface area contributed by atoms with E-state index < -0.39 is 24.0 Å². The highest BCUT2D eigenvalue weighted by Crippen LogP contribution is 2.18. The third-order valence-electron chi connectivity index (χ3n) is 4.03. The monoisotopic (exact) mass is 394 g/mol. The van der Waals surface area contributed by atoms with Crippen molar-refractivity contribution in [2.75, 3.05) is 0 Å². The molecule has 0 unspecified atom stereocenters. The van der Waals surface area contributed by atoms with E-state index >= 15 is 0 Å². The molecule has 0 aliphatic rings. The van der Waals surface area contributed by atoms with Gasteiger partial charge in [-0.15, -0.1) is 0 Å². The number of aliphatic carboxylic acids is 1. The van der Waals surface area contributed by atoms with Gasteiger partial charge in [-0.1, -0.05) is 70.8 Å². The van der Waals surface area contributed by atoms with E-state index in [-0.39, 0.29) is 30.6 Å². The zero-order chi connectivity index (χ0) is 20.6. The number of thiol groups is 1. The molecule has 0 saturated heterocycles. The van der Waals surface area contributed by atoms with Crippen LogP contribution in [0.5, 0.6) is 0 Å². The first-order chi connectivity index (χ1) is 12.6. The fourth-order valence-electron chi connectivity index (χ4n) is 2.70. The highest BCUT2D eigenvalue weighted by atomic mass is 32.1.